The molecule has 29 heavy (non-hydrogen) atoms. The Balaban J connectivity index is 0.00000300. The first-order valence-electron chi connectivity index (χ1n) is 9.24. The van der Waals surface area contributed by atoms with Crippen molar-refractivity contribution in [3.8, 4) is 0 Å². The lowest BCUT2D eigenvalue weighted by atomic mass is 10.3. The summed E-state index contributed by atoms with van der Waals surface area (Å²) in [6.45, 7) is 7.09. The van der Waals surface area contributed by atoms with Gasteiger partial charge in [0.2, 0.25) is 0 Å². The molecule has 2 aromatic rings. The van der Waals surface area contributed by atoms with Crippen LogP contribution in [0, 0.1) is 0 Å². The third kappa shape index (κ3) is 6.06. The Morgan fingerprint density at radius 1 is 1.21 bits per heavy atom. The monoisotopic (exact) mass is 569 g/mol. The van der Waals surface area contributed by atoms with Crippen LogP contribution in [0.2, 0.25) is 0 Å². The molecule has 0 unspecified atom stereocenters. The molecule has 0 aliphatic carbocycles. The van der Waals surface area contributed by atoms with Gasteiger partial charge in [-0.3, -0.25) is 0 Å². The molecule has 3 heterocycles. The van der Waals surface area contributed by atoms with Crippen LogP contribution in [-0.2, 0) is 16.6 Å². The molecule has 1 aliphatic rings. The number of guanidine groups is 1. The minimum absolute atomic E-state index is 0. The zero-order valence-electron chi connectivity index (χ0n) is 16.9. The second kappa shape index (κ2) is 10.9. The van der Waals surface area contributed by atoms with E-state index >= 15 is 0 Å². The Labute approximate surface area is 198 Å². The Hall–Kier alpha value is -0.890. The number of anilines is 1. The molecule has 1 N–H and O–H groups in total. The molecule has 0 atom stereocenters. The normalized spacial score (nSPS) is 15.5. The lowest BCUT2D eigenvalue weighted by molar-refractivity contribution is 0.373. The van der Waals surface area contributed by atoms with Crippen molar-refractivity contribution in [2.45, 2.75) is 17.7 Å². The van der Waals surface area contributed by atoms with Crippen molar-refractivity contribution in [3.63, 3.8) is 0 Å². The zero-order valence-corrected chi connectivity index (χ0v) is 21.6. The van der Waals surface area contributed by atoms with Crippen LogP contribution in [0.4, 0.5) is 5.00 Å². The Morgan fingerprint density at radius 2 is 1.93 bits per heavy atom. The molecule has 1 saturated heterocycles. The van der Waals surface area contributed by atoms with Crippen molar-refractivity contribution >= 4 is 67.6 Å². The van der Waals surface area contributed by atoms with Gasteiger partial charge in [0.25, 0.3) is 10.0 Å². The van der Waals surface area contributed by atoms with Crippen LogP contribution in [-0.4, -0.2) is 70.4 Å². The van der Waals surface area contributed by atoms with Crippen molar-refractivity contribution in [3.05, 3.63) is 34.5 Å². The number of thiophene rings is 2. The smallest absolute Gasteiger partial charge is 0.252 e. The SMILES string of the molecule is CCNC(=NCc1ccc(S(=O)(=O)N(C)C)s1)N1CCN(c2cccs2)CC1.I. The first kappa shape index (κ1) is 24.4. The first-order chi connectivity index (χ1) is 13.4. The van der Waals surface area contributed by atoms with Crippen LogP contribution in [0.25, 0.3) is 0 Å². The number of hydrogen-bond acceptors (Lipinski definition) is 6. The van der Waals surface area contributed by atoms with Crippen molar-refractivity contribution < 1.29 is 8.42 Å². The summed E-state index contributed by atoms with van der Waals surface area (Å²) >= 11 is 3.06. The molecule has 0 saturated carbocycles. The fraction of sp³-hybridized carbons (Fsp3) is 0.500. The maximum atomic E-state index is 12.2. The van der Waals surface area contributed by atoms with Gasteiger partial charge in [0.05, 0.1) is 11.5 Å². The predicted octanol–water partition coefficient (Wildman–Crippen LogP) is 2.97. The van der Waals surface area contributed by atoms with Gasteiger partial charge in [0.15, 0.2) is 5.96 Å². The molecule has 0 amide bonds. The van der Waals surface area contributed by atoms with Crippen molar-refractivity contribution in [1.29, 1.82) is 0 Å². The van der Waals surface area contributed by atoms with Crippen LogP contribution in [0.15, 0.2) is 38.8 Å². The number of nitrogens with zero attached hydrogens (tertiary/aromatic N) is 4. The summed E-state index contributed by atoms with van der Waals surface area (Å²) in [5.74, 6) is 0.888. The molecule has 0 bridgehead atoms. The number of sulfonamides is 1. The number of halogens is 1. The highest BCUT2D eigenvalue weighted by Gasteiger charge is 2.21. The molecule has 162 valence electrons. The fourth-order valence-electron chi connectivity index (χ4n) is 2.93. The molecule has 0 spiro atoms. The van der Waals surface area contributed by atoms with Gasteiger partial charge in [-0.05, 0) is 36.6 Å². The minimum atomic E-state index is -3.38. The second-order valence-corrected chi connectivity index (χ2v) is 11.1. The molecule has 2 aromatic heterocycles. The standard InChI is InChI=1S/C18H27N5O2S3.HI/c1-4-19-18(23-11-9-22(10-12-23)16-6-5-13-26-16)20-14-15-7-8-17(27-15)28(24,25)21(2)3;/h5-8,13H,4,9-12,14H2,1-3H3,(H,19,20);1H. The van der Waals surface area contributed by atoms with Gasteiger partial charge in [-0.1, -0.05) is 0 Å². The van der Waals surface area contributed by atoms with Gasteiger partial charge in [-0.15, -0.1) is 46.7 Å². The molecule has 0 radical (unpaired) electrons. The molecule has 7 nitrogen and oxygen atoms in total. The quantitative estimate of drug-likeness (QED) is 0.329. The molecule has 1 aliphatic heterocycles. The molecule has 0 aromatic carbocycles. The summed E-state index contributed by atoms with van der Waals surface area (Å²) in [4.78, 5) is 10.4. The van der Waals surface area contributed by atoms with E-state index in [2.05, 4.69) is 39.6 Å². The van der Waals surface area contributed by atoms with Crippen LogP contribution in [0.1, 0.15) is 11.8 Å². The first-order valence-corrected chi connectivity index (χ1v) is 12.4. The van der Waals surface area contributed by atoms with Crippen LogP contribution in [0.5, 0.6) is 0 Å². The van der Waals surface area contributed by atoms with Gasteiger partial charge in [-0.2, -0.15) is 0 Å². The Morgan fingerprint density at radius 3 is 2.52 bits per heavy atom. The van der Waals surface area contributed by atoms with Gasteiger partial charge in [-0.25, -0.2) is 17.7 Å². The van der Waals surface area contributed by atoms with Crippen LogP contribution < -0.4 is 10.2 Å². The average molecular weight is 570 g/mol. The number of nitrogens with one attached hydrogen (secondary N) is 1. The Kier molecular flexibility index (Phi) is 9.19. The molecule has 11 heteroatoms. The van der Waals surface area contributed by atoms with E-state index in [-0.39, 0.29) is 24.0 Å². The molecular weight excluding hydrogens is 541 g/mol. The summed E-state index contributed by atoms with van der Waals surface area (Å²) in [7, 11) is -0.285. The zero-order chi connectivity index (χ0) is 20.1. The summed E-state index contributed by atoms with van der Waals surface area (Å²) in [5, 5.41) is 6.79. The van der Waals surface area contributed by atoms with Gasteiger partial charge >= 0.3 is 0 Å². The lowest BCUT2D eigenvalue weighted by Gasteiger charge is -2.37. The van der Waals surface area contributed by atoms with Crippen LogP contribution >= 0.6 is 46.7 Å². The summed E-state index contributed by atoms with van der Waals surface area (Å²) in [5.41, 5.74) is 0. The average Bonchev–Trinajstić information content (AvgIpc) is 3.37. The van der Waals surface area contributed by atoms with Crippen molar-refractivity contribution in [1.82, 2.24) is 14.5 Å². The molecular formula is C18H28IN5O2S3. The topological polar surface area (TPSA) is 68.2 Å². The van der Waals surface area contributed by atoms with Gasteiger partial charge < -0.3 is 15.1 Å². The number of rotatable bonds is 6. The minimum Gasteiger partial charge on any atom is -0.360 e. The van der Waals surface area contributed by atoms with Gasteiger partial charge in [0, 0.05) is 51.7 Å². The maximum Gasteiger partial charge on any atom is 0.252 e. The molecule has 3 rings (SSSR count). The Bertz CT molecular complexity index is 889. The number of aliphatic imine (C=N–C) groups is 1. The summed E-state index contributed by atoms with van der Waals surface area (Å²) in [6.07, 6.45) is 0. The summed E-state index contributed by atoms with van der Waals surface area (Å²) < 4.78 is 26.1. The van der Waals surface area contributed by atoms with E-state index < -0.39 is 10.0 Å². The number of piperazine rings is 1. The third-order valence-electron chi connectivity index (χ3n) is 4.49. The molecule has 1 fully saturated rings. The maximum absolute atomic E-state index is 12.2. The van der Waals surface area contributed by atoms with Crippen molar-refractivity contribution in [2.75, 3.05) is 51.7 Å². The van der Waals surface area contributed by atoms with E-state index in [1.165, 1.54) is 20.6 Å². The highest BCUT2D eigenvalue weighted by Crippen LogP contribution is 2.25. The highest BCUT2D eigenvalue weighted by molar-refractivity contribution is 14.0. The largest absolute Gasteiger partial charge is 0.360 e. The predicted molar refractivity (Wildman–Crippen MR) is 134 cm³/mol. The highest BCUT2D eigenvalue weighted by atomic mass is 127. The lowest BCUT2D eigenvalue weighted by Crippen LogP contribution is -2.52. The van der Waals surface area contributed by atoms with E-state index in [0.29, 0.717) is 10.8 Å². The van der Waals surface area contributed by atoms with E-state index in [4.69, 9.17) is 4.99 Å². The fourth-order valence-corrected chi connectivity index (χ4v) is 6.16. The number of hydrogen-bond donors (Lipinski definition) is 1. The third-order valence-corrected chi connectivity index (χ3v) is 8.77. The summed E-state index contributed by atoms with van der Waals surface area (Å²) in [6, 6.07) is 7.76. The van der Waals surface area contributed by atoms with E-state index in [1.54, 1.807) is 31.5 Å². The van der Waals surface area contributed by atoms with E-state index in [9.17, 15) is 8.42 Å². The van der Waals surface area contributed by atoms with E-state index in [0.717, 1.165) is 43.6 Å². The van der Waals surface area contributed by atoms with E-state index in [1.807, 2.05) is 6.07 Å². The second-order valence-electron chi connectivity index (χ2n) is 6.60. The van der Waals surface area contributed by atoms with Crippen LogP contribution in [0.3, 0.4) is 0 Å². The van der Waals surface area contributed by atoms with Crippen molar-refractivity contribution in [2.24, 2.45) is 4.99 Å². The van der Waals surface area contributed by atoms with Gasteiger partial charge in [0.1, 0.15) is 4.21 Å².